The predicted octanol–water partition coefficient (Wildman–Crippen LogP) is 6.06. The van der Waals surface area contributed by atoms with E-state index in [1.807, 2.05) is 44.4 Å². The largest absolute Gasteiger partial charge is 0.507 e. The topological polar surface area (TPSA) is 84.7 Å². The number of aromatic hydroxyl groups is 2. The molecule has 0 radical (unpaired) electrons. The van der Waals surface area contributed by atoms with Crippen molar-refractivity contribution >= 4 is 6.21 Å². The van der Waals surface area contributed by atoms with E-state index in [9.17, 15) is 10.2 Å². The number of H-pyrrole nitrogens is 1. The first kappa shape index (κ1) is 27.5. The number of para-hydroxylation sites is 1. The fourth-order valence-electron chi connectivity index (χ4n) is 4.35. The van der Waals surface area contributed by atoms with Crippen LogP contribution in [-0.4, -0.2) is 51.4 Å². The van der Waals surface area contributed by atoms with Crippen LogP contribution >= 0.6 is 0 Å². The van der Waals surface area contributed by atoms with E-state index < -0.39 is 0 Å². The molecule has 0 aliphatic heterocycles. The summed E-state index contributed by atoms with van der Waals surface area (Å²) in [6, 6.07) is 10.0. The van der Waals surface area contributed by atoms with Crippen molar-refractivity contribution in [2.24, 2.45) is 4.99 Å². The number of aromatic nitrogens is 2. The maximum absolute atomic E-state index is 11.0. The number of aryl methyl sites for hydroxylation is 1. The van der Waals surface area contributed by atoms with Gasteiger partial charge < -0.3 is 15.2 Å². The third-order valence-corrected chi connectivity index (χ3v) is 6.75. The molecule has 0 aliphatic carbocycles. The van der Waals surface area contributed by atoms with Crippen molar-refractivity contribution in [1.29, 1.82) is 0 Å². The van der Waals surface area contributed by atoms with Crippen molar-refractivity contribution < 1.29 is 10.2 Å². The van der Waals surface area contributed by atoms with Gasteiger partial charge in [0.05, 0.1) is 12.9 Å². The van der Waals surface area contributed by atoms with E-state index in [4.69, 9.17) is 4.99 Å². The SMILES string of the molecule is Cc1cccc([C@H](Cc2cnc[nH]2)N(C)CCN=Cc2cc(C(C)(C)C)cc(C(C)(C)C)c2O)c1O. The van der Waals surface area contributed by atoms with E-state index in [0.717, 1.165) is 27.9 Å². The van der Waals surface area contributed by atoms with Crippen LogP contribution in [-0.2, 0) is 17.3 Å². The number of aliphatic imine (C=N–C) groups is 1. The van der Waals surface area contributed by atoms with Gasteiger partial charge in [-0.2, -0.15) is 0 Å². The Morgan fingerprint density at radius 3 is 2.39 bits per heavy atom. The van der Waals surface area contributed by atoms with Crippen LogP contribution in [0.15, 0.2) is 47.8 Å². The minimum absolute atomic E-state index is 0.0355. The summed E-state index contributed by atoms with van der Waals surface area (Å²) in [6.45, 7) is 16.1. The lowest BCUT2D eigenvalue weighted by molar-refractivity contribution is 0.243. The van der Waals surface area contributed by atoms with Crippen LogP contribution in [0.1, 0.15) is 81.1 Å². The first-order chi connectivity index (χ1) is 16.8. The van der Waals surface area contributed by atoms with Crippen molar-refractivity contribution in [1.82, 2.24) is 14.9 Å². The van der Waals surface area contributed by atoms with Gasteiger partial charge >= 0.3 is 0 Å². The summed E-state index contributed by atoms with van der Waals surface area (Å²) in [5.41, 5.74) is 5.41. The molecule has 0 bridgehead atoms. The number of phenolic OH excluding ortho intramolecular Hbond substituents is 2. The highest BCUT2D eigenvalue weighted by atomic mass is 16.3. The summed E-state index contributed by atoms with van der Waals surface area (Å²) in [5.74, 6) is 0.630. The molecular formula is C30H42N4O2. The smallest absolute Gasteiger partial charge is 0.128 e. The second kappa shape index (κ2) is 10.9. The summed E-state index contributed by atoms with van der Waals surface area (Å²) >= 11 is 0. The summed E-state index contributed by atoms with van der Waals surface area (Å²) in [6.07, 6.45) is 5.99. The van der Waals surface area contributed by atoms with Gasteiger partial charge in [-0.3, -0.25) is 9.89 Å². The molecule has 0 saturated heterocycles. The lowest BCUT2D eigenvalue weighted by atomic mass is 9.79. The minimum Gasteiger partial charge on any atom is -0.507 e. The second-order valence-electron chi connectivity index (χ2n) is 11.8. The van der Waals surface area contributed by atoms with Gasteiger partial charge in [0, 0.05) is 53.8 Å². The number of hydrogen-bond donors (Lipinski definition) is 3. The van der Waals surface area contributed by atoms with Gasteiger partial charge in [0.25, 0.3) is 0 Å². The van der Waals surface area contributed by atoms with Gasteiger partial charge in [-0.15, -0.1) is 0 Å². The van der Waals surface area contributed by atoms with Crippen molar-refractivity contribution in [2.75, 3.05) is 20.1 Å². The van der Waals surface area contributed by atoms with Gasteiger partial charge in [0.2, 0.25) is 0 Å². The fourth-order valence-corrected chi connectivity index (χ4v) is 4.35. The molecule has 0 amide bonds. The summed E-state index contributed by atoms with van der Waals surface area (Å²) in [5, 5.41) is 21.8. The number of nitrogens with one attached hydrogen (secondary N) is 1. The molecule has 36 heavy (non-hydrogen) atoms. The highest BCUT2D eigenvalue weighted by Crippen LogP contribution is 2.37. The predicted molar refractivity (Wildman–Crippen MR) is 148 cm³/mol. The zero-order valence-corrected chi connectivity index (χ0v) is 23.1. The molecule has 6 nitrogen and oxygen atoms in total. The summed E-state index contributed by atoms with van der Waals surface area (Å²) < 4.78 is 0. The zero-order valence-electron chi connectivity index (χ0n) is 23.1. The Morgan fingerprint density at radius 1 is 1.06 bits per heavy atom. The Balaban J connectivity index is 1.82. The molecule has 3 rings (SSSR count). The molecule has 2 aromatic carbocycles. The van der Waals surface area contributed by atoms with Gasteiger partial charge in [0.1, 0.15) is 11.5 Å². The van der Waals surface area contributed by atoms with E-state index >= 15 is 0 Å². The van der Waals surface area contributed by atoms with Gasteiger partial charge in [0.15, 0.2) is 0 Å². The molecule has 0 saturated carbocycles. The normalized spacial score (nSPS) is 13.6. The van der Waals surface area contributed by atoms with Crippen LogP contribution < -0.4 is 0 Å². The maximum Gasteiger partial charge on any atom is 0.128 e. The third-order valence-electron chi connectivity index (χ3n) is 6.75. The average molecular weight is 491 g/mol. The number of hydrogen-bond acceptors (Lipinski definition) is 5. The Morgan fingerprint density at radius 2 is 1.78 bits per heavy atom. The van der Waals surface area contributed by atoms with E-state index in [0.29, 0.717) is 31.0 Å². The first-order valence-corrected chi connectivity index (χ1v) is 12.6. The number of rotatable bonds is 8. The Kier molecular flexibility index (Phi) is 8.29. The number of nitrogens with zero attached hydrogens (tertiary/aromatic N) is 3. The average Bonchev–Trinajstić information content (AvgIpc) is 3.29. The monoisotopic (exact) mass is 490 g/mol. The Labute approximate surface area is 216 Å². The van der Waals surface area contributed by atoms with Crippen LogP contribution in [0.4, 0.5) is 0 Å². The molecule has 0 fully saturated rings. The molecule has 6 heteroatoms. The van der Waals surface area contributed by atoms with Crippen molar-refractivity contribution in [3.05, 3.63) is 76.4 Å². The molecule has 3 aromatic rings. The Hall–Kier alpha value is -3.12. The van der Waals surface area contributed by atoms with Crippen molar-refractivity contribution in [2.45, 2.75) is 71.8 Å². The molecule has 1 heterocycles. The van der Waals surface area contributed by atoms with Crippen LogP contribution in [0.3, 0.4) is 0 Å². The highest BCUT2D eigenvalue weighted by molar-refractivity contribution is 5.85. The standard InChI is InChI=1S/C30H42N4O2/c1-20-10-9-11-24(27(20)35)26(16-23-18-32-19-33-23)34(8)13-12-31-17-21-14-22(29(2,3)4)15-25(28(21)36)30(5,6)7/h9-11,14-15,17-19,26,35-36H,12-13,16H2,1-8H3,(H,32,33)/t26-/m0/s1. The summed E-state index contributed by atoms with van der Waals surface area (Å²) in [7, 11) is 2.05. The maximum atomic E-state index is 11.0. The molecule has 0 spiro atoms. The van der Waals surface area contributed by atoms with E-state index in [1.165, 1.54) is 5.56 Å². The van der Waals surface area contributed by atoms with E-state index in [-0.39, 0.29) is 16.9 Å². The lowest BCUT2D eigenvalue weighted by Gasteiger charge is -2.29. The van der Waals surface area contributed by atoms with E-state index in [2.05, 4.69) is 62.5 Å². The van der Waals surface area contributed by atoms with Crippen molar-refractivity contribution in [3.63, 3.8) is 0 Å². The quantitative estimate of drug-likeness (QED) is 0.335. The highest BCUT2D eigenvalue weighted by Gasteiger charge is 2.25. The molecule has 194 valence electrons. The number of aromatic amines is 1. The van der Waals surface area contributed by atoms with Crippen molar-refractivity contribution in [3.8, 4) is 11.5 Å². The van der Waals surface area contributed by atoms with Crippen LogP contribution in [0.25, 0.3) is 0 Å². The van der Waals surface area contributed by atoms with Crippen LogP contribution in [0.5, 0.6) is 11.5 Å². The molecule has 3 N–H and O–H groups in total. The number of imidazole rings is 1. The minimum atomic E-state index is -0.177. The number of phenols is 2. The fraction of sp³-hybridized carbons (Fsp3) is 0.467. The Bertz CT molecular complexity index is 1180. The van der Waals surface area contributed by atoms with E-state index in [1.54, 1.807) is 12.5 Å². The molecule has 1 aromatic heterocycles. The van der Waals surface area contributed by atoms with Crippen LogP contribution in [0, 0.1) is 6.92 Å². The third kappa shape index (κ3) is 6.55. The molecule has 0 unspecified atom stereocenters. The zero-order chi connectivity index (χ0) is 26.7. The second-order valence-corrected chi connectivity index (χ2v) is 11.8. The number of benzene rings is 2. The molecular weight excluding hydrogens is 448 g/mol. The van der Waals surface area contributed by atoms with Gasteiger partial charge in [-0.25, -0.2) is 4.98 Å². The van der Waals surface area contributed by atoms with Gasteiger partial charge in [-0.05, 0) is 42.0 Å². The lowest BCUT2D eigenvalue weighted by Crippen LogP contribution is -2.29. The van der Waals surface area contributed by atoms with Gasteiger partial charge in [-0.1, -0.05) is 65.8 Å². The first-order valence-electron chi connectivity index (χ1n) is 12.6. The number of likely N-dealkylation sites (N-methyl/N-ethyl adjacent to an activating group) is 1. The summed E-state index contributed by atoms with van der Waals surface area (Å²) in [4.78, 5) is 14.2. The van der Waals surface area contributed by atoms with Crippen LogP contribution in [0.2, 0.25) is 0 Å². The molecule has 1 atom stereocenters. The molecule has 0 aliphatic rings.